The lowest BCUT2D eigenvalue weighted by molar-refractivity contribution is -0.387. The van der Waals surface area contributed by atoms with Gasteiger partial charge < -0.3 is 10.1 Å². The quantitative estimate of drug-likeness (QED) is 0.312. The molecule has 0 fully saturated rings. The van der Waals surface area contributed by atoms with Crippen LogP contribution in [0, 0.1) is 10.1 Å². The number of hydrogen-bond acceptors (Lipinski definition) is 9. The van der Waals surface area contributed by atoms with Crippen molar-refractivity contribution in [3.63, 3.8) is 0 Å². The standard InChI is InChI=1S/C22H19N5O5S2/c1-32-15-6-4-5-14(11-15)25-21-20-16-9-10-26(12-18(16)33-22(20)24-13-23-21)34(30,31)19-8-3-2-7-17(19)27(28)29/h2-8,11,13H,9-10,12H2,1H3,(H,23,24,25). The third kappa shape index (κ3) is 3.85. The van der Waals surface area contributed by atoms with E-state index in [-0.39, 0.29) is 18.0 Å². The minimum Gasteiger partial charge on any atom is -0.497 e. The number of nitro groups is 1. The Hall–Kier alpha value is -3.61. The third-order valence-corrected chi connectivity index (χ3v) is 8.63. The minimum atomic E-state index is -4.05. The highest BCUT2D eigenvalue weighted by molar-refractivity contribution is 7.89. The molecule has 3 heterocycles. The summed E-state index contributed by atoms with van der Waals surface area (Å²) in [5.74, 6) is 1.34. The Bertz CT molecular complexity index is 1520. The molecule has 5 rings (SSSR count). The first-order chi connectivity index (χ1) is 16.4. The lowest BCUT2D eigenvalue weighted by Crippen LogP contribution is -2.35. The summed E-state index contributed by atoms with van der Waals surface area (Å²) in [6.07, 6.45) is 1.91. The highest BCUT2D eigenvalue weighted by Crippen LogP contribution is 2.40. The Labute approximate surface area is 199 Å². The lowest BCUT2D eigenvalue weighted by Gasteiger charge is -2.26. The zero-order chi connectivity index (χ0) is 23.9. The Balaban J connectivity index is 1.50. The average Bonchev–Trinajstić information content (AvgIpc) is 3.23. The zero-order valence-corrected chi connectivity index (χ0v) is 19.6. The van der Waals surface area contributed by atoms with Crippen molar-refractivity contribution < 1.29 is 18.1 Å². The summed E-state index contributed by atoms with van der Waals surface area (Å²) in [6.45, 7) is 0.310. The second kappa shape index (κ2) is 8.63. The van der Waals surface area contributed by atoms with E-state index in [2.05, 4.69) is 15.3 Å². The molecule has 0 saturated carbocycles. The van der Waals surface area contributed by atoms with Gasteiger partial charge in [0, 0.05) is 35.8 Å². The van der Waals surface area contributed by atoms with Gasteiger partial charge in [0.1, 0.15) is 22.7 Å². The van der Waals surface area contributed by atoms with Crippen LogP contribution in [0.25, 0.3) is 10.2 Å². The number of nitrogens with zero attached hydrogens (tertiary/aromatic N) is 4. The molecule has 34 heavy (non-hydrogen) atoms. The molecular formula is C22H19N5O5S2. The SMILES string of the molecule is COc1cccc(Nc2ncnc3sc4c(c23)CCN(S(=O)(=O)c2ccccc2[N+](=O)[O-])C4)c1. The van der Waals surface area contributed by atoms with Crippen molar-refractivity contribution in [3.8, 4) is 5.75 Å². The highest BCUT2D eigenvalue weighted by Gasteiger charge is 2.35. The minimum absolute atomic E-state index is 0.114. The summed E-state index contributed by atoms with van der Waals surface area (Å²) < 4.78 is 33.1. The number of nitrogens with one attached hydrogen (secondary N) is 1. The fourth-order valence-corrected chi connectivity index (χ4v) is 6.86. The fourth-order valence-electron chi connectivity index (χ4n) is 4.01. The van der Waals surface area contributed by atoms with E-state index in [0.29, 0.717) is 18.0 Å². The summed E-state index contributed by atoms with van der Waals surface area (Å²) in [7, 11) is -2.45. The molecule has 0 aliphatic carbocycles. The molecule has 0 unspecified atom stereocenters. The molecule has 174 valence electrons. The van der Waals surface area contributed by atoms with E-state index in [1.807, 2.05) is 24.3 Å². The Kier molecular flexibility index (Phi) is 5.63. The van der Waals surface area contributed by atoms with Crippen LogP contribution in [0.15, 0.2) is 59.8 Å². The molecule has 0 amide bonds. The van der Waals surface area contributed by atoms with Crippen LogP contribution in [0.2, 0.25) is 0 Å². The summed E-state index contributed by atoms with van der Waals surface area (Å²) in [5, 5.41) is 15.6. The van der Waals surface area contributed by atoms with Gasteiger partial charge in [-0.3, -0.25) is 10.1 Å². The third-order valence-electron chi connectivity index (χ3n) is 5.61. The smallest absolute Gasteiger partial charge is 0.289 e. The topological polar surface area (TPSA) is 128 Å². The lowest BCUT2D eigenvalue weighted by atomic mass is 10.1. The highest BCUT2D eigenvalue weighted by atomic mass is 32.2. The summed E-state index contributed by atoms with van der Waals surface area (Å²) in [5.41, 5.74) is 1.36. The first-order valence-corrected chi connectivity index (χ1v) is 12.5. The van der Waals surface area contributed by atoms with E-state index >= 15 is 0 Å². The van der Waals surface area contributed by atoms with Gasteiger partial charge in [0.25, 0.3) is 5.69 Å². The first-order valence-electron chi connectivity index (χ1n) is 10.3. The van der Waals surface area contributed by atoms with E-state index in [1.54, 1.807) is 7.11 Å². The normalized spacial score (nSPS) is 14.0. The monoisotopic (exact) mass is 497 g/mol. The van der Waals surface area contributed by atoms with Crippen molar-refractivity contribution in [3.05, 3.63) is 75.4 Å². The van der Waals surface area contributed by atoms with Crippen LogP contribution in [0.3, 0.4) is 0 Å². The van der Waals surface area contributed by atoms with Crippen LogP contribution in [0.4, 0.5) is 17.2 Å². The van der Waals surface area contributed by atoms with E-state index < -0.39 is 20.6 Å². The maximum absolute atomic E-state index is 13.3. The molecule has 1 aliphatic heterocycles. The van der Waals surface area contributed by atoms with Gasteiger partial charge in [-0.1, -0.05) is 18.2 Å². The van der Waals surface area contributed by atoms with Gasteiger partial charge in [-0.25, -0.2) is 18.4 Å². The number of benzene rings is 2. The summed E-state index contributed by atoms with van der Waals surface area (Å²) >= 11 is 1.40. The largest absolute Gasteiger partial charge is 0.497 e. The summed E-state index contributed by atoms with van der Waals surface area (Å²) in [4.78, 5) is 20.8. The number of fused-ring (bicyclic) bond motifs is 3. The number of sulfonamides is 1. The Morgan fingerprint density at radius 2 is 2.00 bits per heavy atom. The van der Waals surface area contributed by atoms with Crippen LogP contribution in [0.1, 0.15) is 10.4 Å². The molecule has 0 spiro atoms. The molecule has 12 heteroatoms. The Morgan fingerprint density at radius 1 is 1.18 bits per heavy atom. The number of para-hydroxylation sites is 1. The molecule has 10 nitrogen and oxygen atoms in total. The zero-order valence-electron chi connectivity index (χ0n) is 18.0. The van der Waals surface area contributed by atoms with Crippen LogP contribution in [-0.4, -0.2) is 41.3 Å². The molecule has 0 atom stereocenters. The second-order valence-corrected chi connectivity index (χ2v) is 10.6. The first kappa shape index (κ1) is 22.2. The molecule has 2 aromatic carbocycles. The molecule has 2 aromatic heterocycles. The van der Waals surface area contributed by atoms with Gasteiger partial charge >= 0.3 is 0 Å². The van der Waals surface area contributed by atoms with Crippen molar-refractivity contribution in [2.45, 2.75) is 17.9 Å². The number of methoxy groups -OCH3 is 1. The number of rotatable bonds is 6. The maximum atomic E-state index is 13.3. The van der Waals surface area contributed by atoms with Crippen molar-refractivity contribution in [2.75, 3.05) is 19.0 Å². The molecule has 1 aliphatic rings. The van der Waals surface area contributed by atoms with Crippen molar-refractivity contribution >= 4 is 48.8 Å². The number of thiophene rings is 1. The molecule has 0 bridgehead atoms. The van der Waals surface area contributed by atoms with Crippen LogP contribution in [0.5, 0.6) is 5.75 Å². The number of hydrogen-bond donors (Lipinski definition) is 1. The molecule has 0 radical (unpaired) electrons. The summed E-state index contributed by atoms with van der Waals surface area (Å²) in [6, 6.07) is 12.9. The van der Waals surface area contributed by atoms with E-state index in [9.17, 15) is 18.5 Å². The van der Waals surface area contributed by atoms with Gasteiger partial charge in [-0.15, -0.1) is 11.3 Å². The molecule has 1 N–H and O–H groups in total. The molecule has 0 saturated heterocycles. The van der Waals surface area contributed by atoms with Crippen LogP contribution >= 0.6 is 11.3 Å². The van der Waals surface area contributed by atoms with Crippen molar-refractivity contribution in [1.29, 1.82) is 0 Å². The van der Waals surface area contributed by atoms with Gasteiger partial charge in [-0.2, -0.15) is 4.31 Å². The van der Waals surface area contributed by atoms with Crippen LogP contribution in [-0.2, 0) is 23.0 Å². The second-order valence-electron chi connectivity index (χ2n) is 7.58. The van der Waals surface area contributed by atoms with Gasteiger partial charge in [0.05, 0.1) is 17.4 Å². The van der Waals surface area contributed by atoms with Crippen LogP contribution < -0.4 is 10.1 Å². The predicted octanol–water partition coefficient (Wildman–Crippen LogP) is 4.10. The van der Waals surface area contributed by atoms with Gasteiger partial charge in [-0.05, 0) is 30.2 Å². The van der Waals surface area contributed by atoms with Crippen molar-refractivity contribution in [1.82, 2.24) is 14.3 Å². The molecule has 4 aromatic rings. The predicted molar refractivity (Wildman–Crippen MR) is 128 cm³/mol. The van der Waals surface area contributed by atoms with Crippen molar-refractivity contribution in [2.24, 2.45) is 0 Å². The number of aromatic nitrogens is 2. The van der Waals surface area contributed by atoms with E-state index in [4.69, 9.17) is 4.74 Å². The average molecular weight is 498 g/mol. The molecular weight excluding hydrogens is 478 g/mol. The van der Waals surface area contributed by atoms with Gasteiger partial charge in [0.15, 0.2) is 4.90 Å². The number of anilines is 2. The Morgan fingerprint density at radius 3 is 2.79 bits per heavy atom. The van der Waals surface area contributed by atoms with Gasteiger partial charge in [0.2, 0.25) is 10.0 Å². The van der Waals surface area contributed by atoms with E-state index in [0.717, 1.165) is 26.3 Å². The fraction of sp³-hybridized carbons (Fsp3) is 0.182. The number of nitro benzene ring substituents is 1. The number of ether oxygens (including phenoxy) is 1. The van der Waals surface area contributed by atoms with E-state index in [1.165, 1.54) is 46.2 Å². The maximum Gasteiger partial charge on any atom is 0.289 e.